The predicted molar refractivity (Wildman–Crippen MR) is 83.8 cm³/mol. The van der Waals surface area contributed by atoms with Crippen molar-refractivity contribution in [1.29, 1.82) is 0 Å². The van der Waals surface area contributed by atoms with Gasteiger partial charge in [0.15, 0.2) is 0 Å². The molecule has 0 aliphatic carbocycles. The molecule has 0 spiro atoms. The average Bonchev–Trinajstić information content (AvgIpc) is 2.42. The summed E-state index contributed by atoms with van der Waals surface area (Å²) in [7, 11) is 0. The van der Waals surface area contributed by atoms with E-state index in [4.69, 9.17) is 4.74 Å². The number of benzene rings is 2. The van der Waals surface area contributed by atoms with Crippen LogP contribution in [-0.4, -0.2) is 12.2 Å². The molecule has 3 heteroatoms. The summed E-state index contributed by atoms with van der Waals surface area (Å²) in [5, 5.41) is 0. The fourth-order valence-corrected chi connectivity index (χ4v) is 2.69. The second-order valence-corrected chi connectivity index (χ2v) is 5.73. The third kappa shape index (κ3) is 3.23. The van der Waals surface area contributed by atoms with Crippen molar-refractivity contribution >= 4 is 17.7 Å². The number of aryl methyl sites for hydroxylation is 3. The number of hydrogen-bond acceptors (Lipinski definition) is 3. The van der Waals surface area contributed by atoms with E-state index in [0.29, 0.717) is 11.3 Å². The van der Waals surface area contributed by atoms with Gasteiger partial charge in [0.25, 0.3) is 0 Å². The molecule has 0 saturated carbocycles. The first-order chi connectivity index (χ1) is 9.51. The maximum absolute atomic E-state index is 12.2. The van der Waals surface area contributed by atoms with Gasteiger partial charge in [-0.2, -0.15) is 0 Å². The molecule has 0 heterocycles. The Morgan fingerprint density at radius 3 is 2.30 bits per heavy atom. The monoisotopic (exact) mass is 286 g/mol. The Morgan fingerprint density at radius 2 is 1.70 bits per heavy atom. The molecule has 2 rings (SSSR count). The lowest BCUT2D eigenvalue weighted by Crippen LogP contribution is -2.10. The lowest BCUT2D eigenvalue weighted by Gasteiger charge is -2.12. The molecule has 20 heavy (non-hydrogen) atoms. The van der Waals surface area contributed by atoms with Crippen LogP contribution < -0.4 is 4.74 Å². The summed E-state index contributed by atoms with van der Waals surface area (Å²) >= 11 is 1.61. The van der Waals surface area contributed by atoms with Gasteiger partial charge in [-0.1, -0.05) is 23.8 Å². The number of thioether (sulfide) groups is 1. The van der Waals surface area contributed by atoms with Gasteiger partial charge in [0.2, 0.25) is 0 Å². The van der Waals surface area contributed by atoms with E-state index >= 15 is 0 Å². The van der Waals surface area contributed by atoms with Crippen LogP contribution in [0.4, 0.5) is 0 Å². The van der Waals surface area contributed by atoms with E-state index < -0.39 is 0 Å². The molecule has 0 radical (unpaired) electrons. The number of ether oxygens (including phenoxy) is 1. The summed E-state index contributed by atoms with van der Waals surface area (Å²) in [6, 6.07) is 11.5. The molecule has 2 aromatic carbocycles. The van der Waals surface area contributed by atoms with Crippen LogP contribution in [0, 0.1) is 20.8 Å². The number of rotatable bonds is 3. The van der Waals surface area contributed by atoms with Gasteiger partial charge >= 0.3 is 5.97 Å². The van der Waals surface area contributed by atoms with E-state index in [9.17, 15) is 4.79 Å². The molecular weight excluding hydrogens is 268 g/mol. The lowest BCUT2D eigenvalue weighted by molar-refractivity contribution is 0.0732. The molecule has 2 aromatic rings. The van der Waals surface area contributed by atoms with E-state index in [1.165, 1.54) is 5.56 Å². The third-order valence-corrected chi connectivity index (χ3v) is 3.83. The Balaban J connectivity index is 2.28. The summed E-state index contributed by atoms with van der Waals surface area (Å²) in [4.78, 5) is 13.3. The summed E-state index contributed by atoms with van der Waals surface area (Å²) in [6.45, 7) is 5.95. The quantitative estimate of drug-likeness (QED) is 0.470. The Bertz CT molecular complexity index is 624. The predicted octanol–water partition coefficient (Wildman–Crippen LogP) is 4.55. The normalized spacial score (nSPS) is 10.4. The van der Waals surface area contributed by atoms with E-state index in [-0.39, 0.29) is 5.97 Å². The second-order valence-electron chi connectivity index (χ2n) is 4.85. The molecule has 0 atom stereocenters. The SMILES string of the molecule is CSc1cccc(C(=O)Oc2c(C)cc(C)cc2C)c1. The highest BCUT2D eigenvalue weighted by Crippen LogP contribution is 2.26. The van der Waals surface area contributed by atoms with Gasteiger partial charge in [0.05, 0.1) is 5.56 Å². The van der Waals surface area contributed by atoms with Crippen molar-refractivity contribution in [2.45, 2.75) is 25.7 Å². The fraction of sp³-hybridized carbons (Fsp3) is 0.235. The van der Waals surface area contributed by atoms with Crippen LogP contribution in [0.25, 0.3) is 0 Å². The second kappa shape index (κ2) is 6.14. The maximum Gasteiger partial charge on any atom is 0.343 e. The molecule has 0 N–H and O–H groups in total. The summed E-state index contributed by atoms with van der Waals surface area (Å²) in [5.41, 5.74) is 3.72. The van der Waals surface area contributed by atoms with Crippen LogP contribution in [0.3, 0.4) is 0 Å². The minimum Gasteiger partial charge on any atom is -0.422 e. The van der Waals surface area contributed by atoms with Crippen molar-refractivity contribution in [1.82, 2.24) is 0 Å². The number of carbonyl (C=O) groups is 1. The Labute approximate surface area is 124 Å². The van der Waals surface area contributed by atoms with Crippen molar-refractivity contribution in [2.24, 2.45) is 0 Å². The van der Waals surface area contributed by atoms with E-state index in [1.54, 1.807) is 17.8 Å². The van der Waals surface area contributed by atoms with Crippen LogP contribution in [0.2, 0.25) is 0 Å². The number of carbonyl (C=O) groups excluding carboxylic acids is 1. The molecule has 0 amide bonds. The number of esters is 1. The summed E-state index contributed by atoms with van der Waals surface area (Å²) in [6.07, 6.45) is 1.98. The largest absolute Gasteiger partial charge is 0.422 e. The van der Waals surface area contributed by atoms with E-state index in [0.717, 1.165) is 16.0 Å². The molecule has 104 valence electrons. The zero-order chi connectivity index (χ0) is 14.7. The topological polar surface area (TPSA) is 26.3 Å². The van der Waals surface area contributed by atoms with Crippen LogP contribution in [-0.2, 0) is 0 Å². The molecule has 0 aromatic heterocycles. The first-order valence-electron chi connectivity index (χ1n) is 6.45. The van der Waals surface area contributed by atoms with Gasteiger partial charge in [-0.05, 0) is 56.4 Å². The molecule has 0 aliphatic heterocycles. The summed E-state index contributed by atoms with van der Waals surface area (Å²) < 4.78 is 5.57. The van der Waals surface area contributed by atoms with Crippen molar-refractivity contribution in [3.63, 3.8) is 0 Å². The van der Waals surface area contributed by atoms with Crippen LogP contribution in [0.15, 0.2) is 41.3 Å². The number of hydrogen-bond donors (Lipinski definition) is 0. The Morgan fingerprint density at radius 1 is 1.05 bits per heavy atom. The van der Waals surface area contributed by atoms with Crippen molar-refractivity contribution in [3.8, 4) is 5.75 Å². The Kier molecular flexibility index (Phi) is 4.50. The highest BCUT2D eigenvalue weighted by molar-refractivity contribution is 7.98. The highest BCUT2D eigenvalue weighted by Gasteiger charge is 2.13. The Hall–Kier alpha value is -1.74. The zero-order valence-corrected chi connectivity index (χ0v) is 13.0. The first-order valence-corrected chi connectivity index (χ1v) is 7.68. The van der Waals surface area contributed by atoms with E-state index in [2.05, 4.69) is 0 Å². The van der Waals surface area contributed by atoms with Crippen LogP contribution in [0.5, 0.6) is 5.75 Å². The molecule has 2 nitrogen and oxygen atoms in total. The third-order valence-electron chi connectivity index (χ3n) is 3.10. The minimum absolute atomic E-state index is 0.309. The molecule has 0 aliphatic rings. The molecular formula is C17H18O2S. The summed E-state index contributed by atoms with van der Waals surface area (Å²) in [5.74, 6) is 0.353. The molecule has 0 fully saturated rings. The van der Waals surface area contributed by atoms with Gasteiger partial charge in [-0.15, -0.1) is 11.8 Å². The average molecular weight is 286 g/mol. The van der Waals surface area contributed by atoms with Crippen LogP contribution in [0.1, 0.15) is 27.0 Å². The molecule has 0 unspecified atom stereocenters. The smallest absolute Gasteiger partial charge is 0.343 e. The standard InChI is InChI=1S/C17H18O2S/c1-11-8-12(2)16(13(3)9-11)19-17(18)14-6-5-7-15(10-14)20-4/h5-10H,1-4H3. The highest BCUT2D eigenvalue weighted by atomic mass is 32.2. The van der Waals surface area contributed by atoms with Crippen molar-refractivity contribution in [2.75, 3.05) is 6.26 Å². The van der Waals surface area contributed by atoms with Crippen LogP contribution >= 0.6 is 11.8 Å². The molecule has 0 saturated heterocycles. The molecule has 0 bridgehead atoms. The lowest BCUT2D eigenvalue weighted by atomic mass is 10.1. The van der Waals surface area contributed by atoms with Gasteiger partial charge in [0.1, 0.15) is 5.75 Å². The zero-order valence-electron chi connectivity index (χ0n) is 12.2. The van der Waals surface area contributed by atoms with E-state index in [1.807, 2.05) is 57.4 Å². The van der Waals surface area contributed by atoms with Crippen molar-refractivity contribution in [3.05, 3.63) is 58.7 Å². The minimum atomic E-state index is -0.309. The van der Waals surface area contributed by atoms with Gasteiger partial charge in [-0.3, -0.25) is 0 Å². The van der Waals surface area contributed by atoms with Gasteiger partial charge < -0.3 is 4.74 Å². The fourth-order valence-electron chi connectivity index (χ4n) is 2.23. The van der Waals surface area contributed by atoms with Gasteiger partial charge in [-0.25, -0.2) is 4.79 Å². The maximum atomic E-state index is 12.2. The van der Waals surface area contributed by atoms with Gasteiger partial charge in [0, 0.05) is 4.90 Å². The first kappa shape index (κ1) is 14.7. The van der Waals surface area contributed by atoms with Crippen molar-refractivity contribution < 1.29 is 9.53 Å².